The van der Waals surface area contributed by atoms with Crippen molar-refractivity contribution in [3.05, 3.63) is 11.6 Å². The molecule has 3 fully saturated rings. The van der Waals surface area contributed by atoms with Gasteiger partial charge in [0, 0.05) is 0 Å². The number of aliphatic hydroxyl groups excluding tert-OH is 1. The maximum absolute atomic E-state index is 11.0. The molecule has 4 rings (SSSR count). The van der Waals surface area contributed by atoms with E-state index in [0.717, 1.165) is 37.0 Å². The average molecular weight is 417 g/mol. The lowest BCUT2D eigenvalue weighted by atomic mass is 9.49. The van der Waals surface area contributed by atoms with Crippen molar-refractivity contribution in [3.63, 3.8) is 0 Å². The van der Waals surface area contributed by atoms with Gasteiger partial charge in [0.2, 0.25) is 0 Å². The minimum absolute atomic E-state index is 0.173. The first-order chi connectivity index (χ1) is 14.1. The first-order valence-corrected chi connectivity index (χ1v) is 13.2. The van der Waals surface area contributed by atoms with Crippen molar-refractivity contribution >= 4 is 0 Å². The van der Waals surface area contributed by atoms with Gasteiger partial charge in [-0.15, -0.1) is 0 Å². The normalized spacial score (nSPS) is 48.2. The van der Waals surface area contributed by atoms with Crippen LogP contribution in [0, 0.1) is 46.3 Å². The largest absolute Gasteiger partial charge is 0.393 e. The summed E-state index contributed by atoms with van der Waals surface area (Å²) in [5.41, 5.74) is 1.82. The van der Waals surface area contributed by atoms with E-state index in [1.807, 2.05) is 0 Å². The lowest BCUT2D eigenvalue weighted by Crippen LogP contribution is -2.50. The van der Waals surface area contributed by atoms with Gasteiger partial charge in [-0.3, -0.25) is 0 Å². The van der Waals surface area contributed by atoms with Gasteiger partial charge in [0.15, 0.2) is 0 Å². The summed E-state index contributed by atoms with van der Waals surface area (Å²) in [6.07, 6.45) is 14.2. The Bertz CT molecular complexity index is 668. The summed E-state index contributed by atoms with van der Waals surface area (Å²) >= 11 is 0. The fraction of sp³-hybridized carbons (Fsp3) is 0.929. The van der Waals surface area contributed by atoms with E-state index in [9.17, 15) is 10.2 Å². The SMILES string of the molecule is CC[C@]1(O)CC[C@@]2(C)C(=CCC[C@@H]3[C@@H]4CC[C@H]([C@H](C)[C@@H](O)C(C)C)[C@@]4(C)CC[C@@H]32)C1. The van der Waals surface area contributed by atoms with Crippen LogP contribution in [0.15, 0.2) is 11.6 Å². The van der Waals surface area contributed by atoms with E-state index in [1.54, 1.807) is 5.57 Å². The minimum atomic E-state index is -0.463. The van der Waals surface area contributed by atoms with Gasteiger partial charge in [-0.1, -0.05) is 53.2 Å². The third-order valence-corrected chi connectivity index (χ3v) is 11.1. The maximum atomic E-state index is 11.0. The van der Waals surface area contributed by atoms with Crippen molar-refractivity contribution < 1.29 is 10.2 Å². The first kappa shape index (κ1) is 22.8. The lowest BCUT2D eigenvalue weighted by Gasteiger charge is -2.56. The van der Waals surface area contributed by atoms with Crippen LogP contribution in [-0.4, -0.2) is 21.9 Å². The van der Waals surface area contributed by atoms with Crippen LogP contribution in [-0.2, 0) is 0 Å². The summed E-state index contributed by atoms with van der Waals surface area (Å²) in [7, 11) is 0. The molecule has 0 aromatic heterocycles. The summed E-state index contributed by atoms with van der Waals surface area (Å²) in [4.78, 5) is 0. The van der Waals surface area contributed by atoms with E-state index < -0.39 is 5.60 Å². The Hall–Kier alpha value is -0.340. The molecule has 0 heterocycles. The molecule has 4 aliphatic rings. The topological polar surface area (TPSA) is 40.5 Å². The van der Waals surface area contributed by atoms with Crippen LogP contribution in [0.25, 0.3) is 0 Å². The van der Waals surface area contributed by atoms with E-state index in [4.69, 9.17) is 0 Å². The second-order valence-corrected chi connectivity index (χ2v) is 12.7. The molecule has 0 amide bonds. The van der Waals surface area contributed by atoms with E-state index in [1.165, 1.54) is 44.9 Å². The Labute approximate surface area is 185 Å². The third-order valence-electron chi connectivity index (χ3n) is 11.1. The molecule has 0 aromatic carbocycles. The Morgan fingerprint density at radius 1 is 1.00 bits per heavy atom. The van der Waals surface area contributed by atoms with Gasteiger partial charge in [-0.25, -0.2) is 0 Å². The Morgan fingerprint density at radius 3 is 2.40 bits per heavy atom. The number of hydrogen-bond donors (Lipinski definition) is 2. The van der Waals surface area contributed by atoms with E-state index in [-0.39, 0.29) is 6.10 Å². The zero-order valence-electron chi connectivity index (χ0n) is 20.6. The zero-order valence-corrected chi connectivity index (χ0v) is 20.6. The first-order valence-electron chi connectivity index (χ1n) is 13.2. The van der Waals surface area contributed by atoms with Crippen LogP contribution in [0.3, 0.4) is 0 Å². The van der Waals surface area contributed by atoms with Gasteiger partial charge in [0.1, 0.15) is 0 Å². The van der Waals surface area contributed by atoms with Crippen molar-refractivity contribution in [2.75, 3.05) is 0 Å². The van der Waals surface area contributed by atoms with Crippen molar-refractivity contribution in [3.8, 4) is 0 Å². The highest BCUT2D eigenvalue weighted by Gasteiger charge is 2.59. The Balaban J connectivity index is 1.59. The summed E-state index contributed by atoms with van der Waals surface area (Å²) in [5, 5.41) is 21.9. The van der Waals surface area contributed by atoms with Crippen molar-refractivity contribution in [1.29, 1.82) is 0 Å². The Morgan fingerprint density at radius 2 is 1.73 bits per heavy atom. The molecule has 2 heteroatoms. The van der Waals surface area contributed by atoms with Crippen molar-refractivity contribution in [1.82, 2.24) is 0 Å². The zero-order chi connectivity index (χ0) is 21.9. The van der Waals surface area contributed by atoms with Gasteiger partial charge >= 0.3 is 0 Å². The van der Waals surface area contributed by atoms with Crippen LogP contribution >= 0.6 is 0 Å². The lowest BCUT2D eigenvalue weighted by molar-refractivity contribution is -0.0774. The average Bonchev–Trinajstić information content (AvgIpc) is 2.99. The summed E-state index contributed by atoms with van der Waals surface area (Å²) in [5.74, 6) is 3.85. The number of allylic oxidation sites excluding steroid dienone is 1. The molecule has 2 N–H and O–H groups in total. The van der Waals surface area contributed by atoms with Crippen molar-refractivity contribution in [2.24, 2.45) is 46.3 Å². The molecule has 4 aliphatic carbocycles. The highest BCUT2D eigenvalue weighted by atomic mass is 16.3. The second-order valence-electron chi connectivity index (χ2n) is 12.7. The molecule has 9 atom stereocenters. The van der Waals surface area contributed by atoms with Gasteiger partial charge in [0.25, 0.3) is 0 Å². The highest BCUT2D eigenvalue weighted by Crippen LogP contribution is 2.67. The van der Waals surface area contributed by atoms with Crippen LogP contribution in [0.4, 0.5) is 0 Å². The van der Waals surface area contributed by atoms with Gasteiger partial charge in [-0.2, -0.15) is 0 Å². The van der Waals surface area contributed by atoms with Crippen LogP contribution in [0.2, 0.25) is 0 Å². The highest BCUT2D eigenvalue weighted by molar-refractivity contribution is 5.25. The monoisotopic (exact) mass is 416 g/mol. The number of rotatable bonds is 4. The van der Waals surface area contributed by atoms with Gasteiger partial charge in [-0.05, 0) is 111 Å². The molecule has 2 nitrogen and oxygen atoms in total. The molecule has 172 valence electrons. The molecule has 0 aliphatic heterocycles. The predicted molar refractivity (Wildman–Crippen MR) is 125 cm³/mol. The summed E-state index contributed by atoms with van der Waals surface area (Å²) in [6.45, 7) is 14.0. The Kier molecular flexibility index (Phi) is 6.02. The van der Waals surface area contributed by atoms with Crippen LogP contribution in [0.1, 0.15) is 106 Å². The molecule has 0 saturated heterocycles. The predicted octanol–water partition coefficient (Wildman–Crippen LogP) is 6.75. The van der Waals surface area contributed by atoms with Crippen LogP contribution in [0.5, 0.6) is 0 Å². The van der Waals surface area contributed by atoms with Gasteiger partial charge in [0.05, 0.1) is 11.7 Å². The molecule has 0 bridgehead atoms. The number of aliphatic hydroxyl groups is 2. The maximum Gasteiger partial charge on any atom is 0.0682 e. The standard InChI is InChI=1S/C28H48O2/c1-7-28(30)16-15-26(5)20(17-28)9-8-10-21-23-12-11-22(19(4)25(29)18(2)3)27(23,6)14-13-24(21)26/h9,18-19,21-25,29-30H,7-8,10-17H2,1-6H3/t19-,21+,22+,23-,24-,25-,26-,27+,28-/m0/s1. The molecule has 0 spiro atoms. The van der Waals surface area contributed by atoms with Crippen molar-refractivity contribution in [2.45, 2.75) is 117 Å². The second kappa shape index (κ2) is 7.91. The summed E-state index contributed by atoms with van der Waals surface area (Å²) < 4.78 is 0. The molecular weight excluding hydrogens is 368 g/mol. The van der Waals surface area contributed by atoms with E-state index in [0.29, 0.717) is 28.6 Å². The molecule has 0 unspecified atom stereocenters. The summed E-state index contributed by atoms with van der Waals surface area (Å²) in [6, 6.07) is 0. The number of hydrogen-bond acceptors (Lipinski definition) is 2. The molecule has 0 aromatic rings. The molecular formula is C28H48O2. The smallest absolute Gasteiger partial charge is 0.0682 e. The van der Waals surface area contributed by atoms with Crippen LogP contribution < -0.4 is 0 Å². The quantitative estimate of drug-likeness (QED) is 0.498. The minimum Gasteiger partial charge on any atom is -0.393 e. The number of fused-ring (bicyclic) bond motifs is 5. The third kappa shape index (κ3) is 3.43. The van der Waals surface area contributed by atoms with E-state index in [2.05, 4.69) is 47.6 Å². The molecule has 3 saturated carbocycles. The molecule has 30 heavy (non-hydrogen) atoms. The van der Waals surface area contributed by atoms with E-state index >= 15 is 0 Å². The fourth-order valence-electron chi connectivity index (χ4n) is 9.01. The van der Waals surface area contributed by atoms with Gasteiger partial charge < -0.3 is 10.2 Å². The fourth-order valence-corrected chi connectivity index (χ4v) is 9.01. The molecule has 0 radical (unpaired) electrons.